The molecule has 2 N–H and O–H groups in total. The van der Waals surface area contributed by atoms with Crippen molar-refractivity contribution in [3.8, 4) is 17.2 Å². The van der Waals surface area contributed by atoms with Gasteiger partial charge in [-0.2, -0.15) is 0 Å². The van der Waals surface area contributed by atoms with Crippen LogP contribution in [0.3, 0.4) is 0 Å². The lowest BCUT2D eigenvalue weighted by Gasteiger charge is -2.27. The number of amides is 1. The highest BCUT2D eigenvalue weighted by atomic mass is 16.6. The van der Waals surface area contributed by atoms with Gasteiger partial charge in [-0.05, 0) is 65.3 Å². The molecule has 1 saturated heterocycles. The highest BCUT2D eigenvalue weighted by Crippen LogP contribution is 2.47. The van der Waals surface area contributed by atoms with Gasteiger partial charge in [0.05, 0.1) is 19.1 Å². The van der Waals surface area contributed by atoms with Crippen LogP contribution >= 0.6 is 0 Å². The smallest absolute Gasteiger partial charge is 0.309 e. The first kappa shape index (κ1) is 30.4. The van der Waals surface area contributed by atoms with E-state index in [1.807, 2.05) is 65.6 Å². The number of carboxylic acid groups (broad SMARTS) is 1. The molecule has 1 unspecified atom stereocenters. The Morgan fingerprint density at radius 1 is 0.953 bits per heavy atom. The lowest BCUT2D eigenvalue weighted by atomic mass is 9.82. The zero-order valence-corrected chi connectivity index (χ0v) is 25.5. The van der Waals surface area contributed by atoms with E-state index in [-0.39, 0.29) is 18.4 Å². The van der Waals surface area contributed by atoms with Crippen molar-refractivity contribution in [2.75, 3.05) is 38.2 Å². The van der Waals surface area contributed by atoms with E-state index in [9.17, 15) is 14.7 Å². The first-order chi connectivity index (χ1) is 20.8. The molecule has 0 saturated carbocycles. The van der Waals surface area contributed by atoms with E-state index in [1.54, 1.807) is 0 Å². The Morgan fingerprint density at radius 2 is 1.60 bits per heavy atom. The van der Waals surface area contributed by atoms with Gasteiger partial charge in [0.15, 0.2) is 11.5 Å². The van der Waals surface area contributed by atoms with E-state index >= 15 is 0 Å². The monoisotopic (exact) mass is 586 g/mol. The molecule has 8 nitrogen and oxygen atoms in total. The predicted octanol–water partition coefficient (Wildman–Crippen LogP) is 6.10. The molecule has 0 bridgehead atoms. The minimum Gasteiger partial charge on any atom is -0.493 e. The van der Waals surface area contributed by atoms with E-state index in [4.69, 9.17) is 14.2 Å². The number of ether oxygens (including phenoxy) is 3. The Balaban J connectivity index is 1.47. The molecule has 3 aromatic rings. The van der Waals surface area contributed by atoms with Gasteiger partial charge in [-0.3, -0.25) is 14.5 Å². The fraction of sp³-hybridized carbons (Fsp3) is 0.429. The summed E-state index contributed by atoms with van der Waals surface area (Å²) in [5.41, 5.74) is 4.71. The number of nitrogens with one attached hydrogen (secondary N) is 1. The van der Waals surface area contributed by atoms with E-state index < -0.39 is 17.9 Å². The third kappa shape index (κ3) is 6.80. The van der Waals surface area contributed by atoms with Crippen molar-refractivity contribution in [3.63, 3.8) is 0 Å². The number of anilines is 1. The lowest BCUT2D eigenvalue weighted by Crippen LogP contribution is -2.35. The third-order valence-electron chi connectivity index (χ3n) is 8.29. The number of hydrogen-bond acceptors (Lipinski definition) is 6. The molecule has 43 heavy (non-hydrogen) atoms. The van der Waals surface area contributed by atoms with Crippen LogP contribution in [-0.4, -0.2) is 54.8 Å². The molecule has 1 amide bonds. The minimum atomic E-state index is -0.905. The van der Waals surface area contributed by atoms with Gasteiger partial charge in [0.2, 0.25) is 5.91 Å². The van der Waals surface area contributed by atoms with Crippen molar-refractivity contribution < 1.29 is 28.9 Å². The maximum atomic E-state index is 13.6. The van der Waals surface area contributed by atoms with Gasteiger partial charge < -0.3 is 24.6 Å². The number of carboxylic acids is 1. The Hall–Kier alpha value is -4.04. The van der Waals surface area contributed by atoms with E-state index in [2.05, 4.69) is 33.0 Å². The maximum absolute atomic E-state index is 13.6. The second-order valence-corrected chi connectivity index (χ2v) is 11.7. The second kappa shape index (κ2) is 13.5. The summed E-state index contributed by atoms with van der Waals surface area (Å²) in [6.07, 6.45) is 1.60. The van der Waals surface area contributed by atoms with Crippen molar-refractivity contribution in [2.45, 2.75) is 52.5 Å². The van der Waals surface area contributed by atoms with Gasteiger partial charge in [0, 0.05) is 24.2 Å². The number of hydrogen-bond donors (Lipinski definition) is 2. The number of carbonyl (C=O) groups excluding carboxylic acids is 1. The summed E-state index contributed by atoms with van der Waals surface area (Å²) in [5, 5.41) is 13.8. The summed E-state index contributed by atoms with van der Waals surface area (Å²) in [4.78, 5) is 28.6. The molecule has 0 aromatic heterocycles. The molecular formula is C35H42N2O6. The summed E-state index contributed by atoms with van der Waals surface area (Å²) in [6, 6.07) is 18.9. The standard InChI is InChI=1S/C35H42N2O6/c1-5-23-8-7-9-24(6-2)33(23)36-31(38)20-37-19-28(26-12-15-29-30(18-26)42-17-16-41-29)32(35(39)40)34(37)25-10-13-27(14-11-25)43-21-22(3)4/h7-15,18,22,28,32,34H,5-6,16-17,19-21H2,1-4H3,(H,36,38)(H,39,40)/t28-,32?,34+/m1/s1. The molecule has 0 spiro atoms. The van der Waals surface area contributed by atoms with Gasteiger partial charge in [0.25, 0.3) is 0 Å². The predicted molar refractivity (Wildman–Crippen MR) is 166 cm³/mol. The first-order valence-electron chi connectivity index (χ1n) is 15.3. The molecule has 2 aliphatic rings. The van der Waals surface area contributed by atoms with Gasteiger partial charge in [0.1, 0.15) is 19.0 Å². The Labute approximate surface area is 254 Å². The van der Waals surface area contributed by atoms with E-state index in [1.165, 1.54) is 0 Å². The van der Waals surface area contributed by atoms with Gasteiger partial charge in [-0.25, -0.2) is 0 Å². The van der Waals surface area contributed by atoms with Gasteiger partial charge in [-0.15, -0.1) is 0 Å². The number of nitrogens with zero attached hydrogens (tertiary/aromatic N) is 1. The molecule has 2 heterocycles. The largest absolute Gasteiger partial charge is 0.493 e. The van der Waals surface area contributed by atoms with Crippen molar-refractivity contribution in [1.29, 1.82) is 0 Å². The topological polar surface area (TPSA) is 97.3 Å². The number of para-hydroxylation sites is 1. The molecular weight excluding hydrogens is 544 g/mol. The van der Waals surface area contributed by atoms with Crippen molar-refractivity contribution in [1.82, 2.24) is 4.90 Å². The summed E-state index contributed by atoms with van der Waals surface area (Å²) in [6.45, 7) is 10.3. The Kier molecular flexibility index (Phi) is 9.56. The summed E-state index contributed by atoms with van der Waals surface area (Å²) in [7, 11) is 0. The maximum Gasteiger partial charge on any atom is 0.309 e. The number of likely N-dealkylation sites (tertiary alicyclic amines) is 1. The fourth-order valence-corrected chi connectivity index (χ4v) is 6.21. The molecule has 5 rings (SSSR count). The van der Waals surface area contributed by atoms with Crippen LogP contribution in [0, 0.1) is 11.8 Å². The molecule has 3 atom stereocenters. The van der Waals surface area contributed by atoms with Crippen LogP contribution < -0.4 is 19.5 Å². The Morgan fingerprint density at radius 3 is 2.23 bits per heavy atom. The van der Waals surface area contributed by atoms with E-state index in [0.29, 0.717) is 43.8 Å². The van der Waals surface area contributed by atoms with Crippen molar-refractivity contribution in [2.24, 2.45) is 11.8 Å². The molecule has 2 aliphatic heterocycles. The molecule has 1 fully saturated rings. The van der Waals surface area contributed by atoms with Crippen LogP contribution in [0.15, 0.2) is 60.7 Å². The van der Waals surface area contributed by atoms with Crippen LogP contribution in [0.4, 0.5) is 5.69 Å². The van der Waals surface area contributed by atoms with Gasteiger partial charge in [-0.1, -0.05) is 64.1 Å². The summed E-state index contributed by atoms with van der Waals surface area (Å²) >= 11 is 0. The highest BCUT2D eigenvalue weighted by Gasteiger charge is 2.48. The van der Waals surface area contributed by atoms with Crippen LogP contribution in [0.25, 0.3) is 0 Å². The zero-order valence-electron chi connectivity index (χ0n) is 25.5. The summed E-state index contributed by atoms with van der Waals surface area (Å²) in [5.74, 6) is 0.184. The molecule has 8 heteroatoms. The molecule has 0 aliphatic carbocycles. The normalized spacial score (nSPS) is 19.8. The SMILES string of the molecule is CCc1cccc(CC)c1NC(=O)CN1C[C@H](c2ccc3c(c2)OCCO3)C(C(=O)O)[C@@H]1c1ccc(OCC(C)C)cc1. The van der Waals surface area contributed by atoms with Crippen LogP contribution in [-0.2, 0) is 22.4 Å². The Bertz CT molecular complexity index is 1410. The van der Waals surface area contributed by atoms with Crippen LogP contribution in [0.5, 0.6) is 17.2 Å². The zero-order chi connectivity index (χ0) is 30.5. The number of aliphatic carboxylic acids is 1. The fourth-order valence-electron chi connectivity index (χ4n) is 6.21. The molecule has 3 aromatic carbocycles. The highest BCUT2D eigenvalue weighted by molar-refractivity contribution is 5.94. The lowest BCUT2D eigenvalue weighted by molar-refractivity contribution is -0.143. The minimum absolute atomic E-state index is 0.0578. The number of fused-ring (bicyclic) bond motifs is 1. The number of carbonyl (C=O) groups is 2. The molecule has 0 radical (unpaired) electrons. The summed E-state index contributed by atoms with van der Waals surface area (Å²) < 4.78 is 17.4. The quantitative estimate of drug-likeness (QED) is 0.280. The van der Waals surface area contributed by atoms with E-state index in [0.717, 1.165) is 46.5 Å². The van der Waals surface area contributed by atoms with Crippen molar-refractivity contribution in [3.05, 3.63) is 82.9 Å². The number of aryl methyl sites for hydroxylation is 2. The van der Waals surface area contributed by atoms with Crippen LogP contribution in [0.1, 0.15) is 61.9 Å². The third-order valence-corrected chi connectivity index (χ3v) is 8.29. The van der Waals surface area contributed by atoms with Gasteiger partial charge >= 0.3 is 5.97 Å². The number of rotatable bonds is 11. The van der Waals surface area contributed by atoms with Crippen LogP contribution in [0.2, 0.25) is 0 Å². The van der Waals surface area contributed by atoms with Crippen molar-refractivity contribution >= 4 is 17.6 Å². The second-order valence-electron chi connectivity index (χ2n) is 11.7. The first-order valence-corrected chi connectivity index (χ1v) is 15.3. The molecule has 228 valence electrons. The average molecular weight is 587 g/mol. The number of benzene rings is 3. The average Bonchev–Trinajstić information content (AvgIpc) is 3.39.